The Balaban J connectivity index is 1.80. The van der Waals surface area contributed by atoms with E-state index >= 15 is 0 Å². The lowest BCUT2D eigenvalue weighted by Crippen LogP contribution is -2.30. The lowest BCUT2D eigenvalue weighted by Gasteiger charge is -2.24. The average Bonchev–Trinajstić information content (AvgIpc) is 2.56. The molecule has 3 N–H and O–H groups in total. The van der Waals surface area contributed by atoms with Crippen LogP contribution in [0, 0.1) is 0 Å². The molecule has 0 radical (unpaired) electrons. The second-order valence-electron chi connectivity index (χ2n) is 5.76. The molecule has 0 fully saturated rings. The minimum atomic E-state index is -0.571. The topological polar surface area (TPSA) is 87.3 Å². The molecule has 0 aliphatic carbocycles. The lowest BCUT2D eigenvalue weighted by atomic mass is 9.90. The van der Waals surface area contributed by atoms with E-state index in [9.17, 15) is 14.4 Å². The van der Waals surface area contributed by atoms with Crippen molar-refractivity contribution in [3.05, 3.63) is 53.1 Å². The van der Waals surface area contributed by atoms with Crippen molar-refractivity contribution in [2.24, 2.45) is 0 Å². The molecule has 7 heteroatoms. The summed E-state index contributed by atoms with van der Waals surface area (Å²) in [6, 6.07) is 12.0. The zero-order chi connectivity index (χ0) is 18.0. The fraction of sp³-hybridized carbons (Fsp3) is 0.167. The number of fused-ring (bicyclic) bond motifs is 1. The van der Waals surface area contributed by atoms with E-state index in [1.807, 2.05) is 12.1 Å². The van der Waals surface area contributed by atoms with Crippen molar-refractivity contribution in [1.29, 1.82) is 0 Å². The van der Waals surface area contributed by atoms with Gasteiger partial charge in [0, 0.05) is 24.7 Å². The van der Waals surface area contributed by atoms with E-state index in [2.05, 4.69) is 16.0 Å². The average molecular weight is 358 g/mol. The van der Waals surface area contributed by atoms with Crippen molar-refractivity contribution in [2.45, 2.75) is 19.3 Å². The predicted octanol–water partition coefficient (Wildman–Crippen LogP) is 3.36. The molecule has 3 rings (SSSR count). The third-order valence-electron chi connectivity index (χ3n) is 3.86. The van der Waals surface area contributed by atoms with E-state index in [-0.39, 0.29) is 24.1 Å². The van der Waals surface area contributed by atoms with E-state index in [0.29, 0.717) is 22.1 Å². The third-order valence-corrected chi connectivity index (χ3v) is 4.18. The molecule has 1 aliphatic rings. The summed E-state index contributed by atoms with van der Waals surface area (Å²) < 4.78 is 0. The molecule has 1 unspecified atom stereocenters. The number of rotatable bonds is 3. The van der Waals surface area contributed by atoms with Gasteiger partial charge in [-0.15, -0.1) is 0 Å². The standard InChI is InChI=1S/C18H16ClN3O3/c1-10(23)20-16-7-6-11(8-14(16)19)21-18(25)13-9-17(24)22-15-5-3-2-4-12(13)15/h2-8,13H,9H2,1H3,(H,20,23)(H,21,25)(H,22,24). The van der Waals surface area contributed by atoms with Crippen LogP contribution in [0.2, 0.25) is 5.02 Å². The molecule has 6 nitrogen and oxygen atoms in total. The molecule has 0 saturated carbocycles. The normalized spacial score (nSPS) is 15.8. The van der Waals surface area contributed by atoms with Crippen LogP contribution in [0.15, 0.2) is 42.5 Å². The highest BCUT2D eigenvalue weighted by atomic mass is 35.5. The van der Waals surface area contributed by atoms with Crippen molar-refractivity contribution >= 4 is 46.4 Å². The highest BCUT2D eigenvalue weighted by Gasteiger charge is 2.30. The van der Waals surface area contributed by atoms with Crippen LogP contribution in [-0.4, -0.2) is 17.7 Å². The maximum Gasteiger partial charge on any atom is 0.232 e. The van der Waals surface area contributed by atoms with Crippen LogP contribution < -0.4 is 16.0 Å². The molecule has 1 atom stereocenters. The van der Waals surface area contributed by atoms with Gasteiger partial charge in [-0.25, -0.2) is 0 Å². The smallest absolute Gasteiger partial charge is 0.232 e. The Morgan fingerprint density at radius 1 is 1.16 bits per heavy atom. The molecule has 0 saturated heterocycles. The van der Waals surface area contributed by atoms with E-state index in [1.54, 1.807) is 30.3 Å². The van der Waals surface area contributed by atoms with Crippen molar-refractivity contribution in [1.82, 2.24) is 0 Å². The second kappa shape index (κ2) is 6.94. The van der Waals surface area contributed by atoms with Crippen molar-refractivity contribution < 1.29 is 14.4 Å². The van der Waals surface area contributed by atoms with Gasteiger partial charge in [0.1, 0.15) is 0 Å². The molecule has 25 heavy (non-hydrogen) atoms. The van der Waals surface area contributed by atoms with E-state index < -0.39 is 5.92 Å². The quantitative estimate of drug-likeness (QED) is 0.787. The van der Waals surface area contributed by atoms with Crippen molar-refractivity contribution in [3.8, 4) is 0 Å². The number of anilines is 3. The summed E-state index contributed by atoms with van der Waals surface area (Å²) in [7, 11) is 0. The van der Waals surface area contributed by atoms with Crippen molar-refractivity contribution in [2.75, 3.05) is 16.0 Å². The Bertz CT molecular complexity index is 866. The molecule has 128 valence electrons. The number of benzene rings is 2. The Kier molecular flexibility index (Phi) is 4.72. The number of hydrogen-bond acceptors (Lipinski definition) is 3. The zero-order valence-corrected chi connectivity index (χ0v) is 14.2. The molecule has 3 amide bonds. The van der Waals surface area contributed by atoms with Gasteiger partial charge in [-0.1, -0.05) is 29.8 Å². The summed E-state index contributed by atoms with van der Waals surface area (Å²) in [4.78, 5) is 35.6. The first kappa shape index (κ1) is 17.0. The van der Waals surface area contributed by atoms with E-state index in [0.717, 1.165) is 5.56 Å². The number of hydrogen-bond donors (Lipinski definition) is 3. The van der Waals surface area contributed by atoms with Crippen LogP contribution >= 0.6 is 11.6 Å². The number of nitrogens with one attached hydrogen (secondary N) is 3. The van der Waals surface area contributed by atoms with Crippen LogP contribution in [0.3, 0.4) is 0 Å². The highest BCUT2D eigenvalue weighted by Crippen LogP contribution is 2.33. The maximum atomic E-state index is 12.6. The van der Waals surface area contributed by atoms with Gasteiger partial charge in [-0.05, 0) is 29.8 Å². The molecule has 0 bridgehead atoms. The van der Waals surface area contributed by atoms with Crippen LogP contribution in [-0.2, 0) is 14.4 Å². The Labute approximate surface area is 149 Å². The van der Waals surface area contributed by atoms with Gasteiger partial charge in [0.2, 0.25) is 17.7 Å². The monoisotopic (exact) mass is 357 g/mol. The molecule has 2 aromatic rings. The summed E-state index contributed by atoms with van der Waals surface area (Å²) in [6.45, 7) is 1.39. The minimum absolute atomic E-state index is 0.0839. The highest BCUT2D eigenvalue weighted by molar-refractivity contribution is 6.34. The van der Waals surface area contributed by atoms with Crippen LogP contribution in [0.1, 0.15) is 24.8 Å². The number of carbonyl (C=O) groups excluding carboxylic acids is 3. The third kappa shape index (κ3) is 3.80. The number of carbonyl (C=O) groups is 3. The Hall–Kier alpha value is -2.86. The summed E-state index contributed by atoms with van der Waals surface area (Å²) in [5, 5.41) is 8.46. The van der Waals surface area contributed by atoms with E-state index in [4.69, 9.17) is 11.6 Å². The second-order valence-corrected chi connectivity index (χ2v) is 6.16. The first-order valence-electron chi connectivity index (χ1n) is 7.71. The SMILES string of the molecule is CC(=O)Nc1ccc(NC(=O)C2CC(=O)Nc3ccccc32)cc1Cl. The summed E-state index contributed by atoms with van der Waals surface area (Å²) in [6.07, 6.45) is 0.0839. The molecular weight excluding hydrogens is 342 g/mol. The van der Waals surface area contributed by atoms with Gasteiger partial charge < -0.3 is 16.0 Å². The number of amides is 3. The van der Waals surface area contributed by atoms with E-state index in [1.165, 1.54) is 6.92 Å². The molecule has 2 aromatic carbocycles. The summed E-state index contributed by atoms with van der Waals surface area (Å²) >= 11 is 6.12. The first-order valence-corrected chi connectivity index (χ1v) is 8.08. The fourth-order valence-corrected chi connectivity index (χ4v) is 2.99. The maximum absolute atomic E-state index is 12.6. The zero-order valence-electron chi connectivity index (χ0n) is 13.4. The molecule has 1 heterocycles. The molecule has 0 spiro atoms. The number of halogens is 1. The van der Waals surface area contributed by atoms with Crippen LogP contribution in [0.4, 0.5) is 17.1 Å². The van der Waals surface area contributed by atoms with Crippen LogP contribution in [0.25, 0.3) is 0 Å². The molecule has 1 aliphatic heterocycles. The van der Waals surface area contributed by atoms with Gasteiger partial charge in [-0.2, -0.15) is 0 Å². The summed E-state index contributed by atoms with van der Waals surface area (Å²) in [5.41, 5.74) is 2.39. The van der Waals surface area contributed by atoms with Gasteiger partial charge in [0.05, 0.1) is 16.6 Å². The van der Waals surface area contributed by atoms with Crippen LogP contribution in [0.5, 0.6) is 0 Å². The summed E-state index contributed by atoms with van der Waals surface area (Å²) in [5.74, 6) is -1.29. The molecular formula is C18H16ClN3O3. The van der Waals surface area contributed by atoms with Crippen molar-refractivity contribution in [3.63, 3.8) is 0 Å². The molecule has 0 aromatic heterocycles. The fourth-order valence-electron chi connectivity index (χ4n) is 2.76. The Morgan fingerprint density at radius 3 is 2.64 bits per heavy atom. The predicted molar refractivity (Wildman–Crippen MR) is 96.8 cm³/mol. The van der Waals surface area contributed by atoms with Gasteiger partial charge >= 0.3 is 0 Å². The largest absolute Gasteiger partial charge is 0.326 e. The number of para-hydroxylation sites is 1. The lowest BCUT2D eigenvalue weighted by molar-refractivity contribution is -0.123. The van der Waals surface area contributed by atoms with Gasteiger partial charge in [0.25, 0.3) is 0 Å². The first-order chi connectivity index (χ1) is 11.9. The van der Waals surface area contributed by atoms with Gasteiger partial charge in [0.15, 0.2) is 0 Å². The minimum Gasteiger partial charge on any atom is -0.326 e. The Morgan fingerprint density at radius 2 is 1.92 bits per heavy atom. The van der Waals surface area contributed by atoms with Gasteiger partial charge in [-0.3, -0.25) is 14.4 Å².